The minimum atomic E-state index is -0.435. The molecule has 1 heterocycles. The summed E-state index contributed by atoms with van der Waals surface area (Å²) >= 11 is 5.79. The molecule has 0 aliphatic rings. The lowest BCUT2D eigenvalue weighted by Gasteiger charge is -2.18. The van der Waals surface area contributed by atoms with Gasteiger partial charge in [0.15, 0.2) is 0 Å². The van der Waals surface area contributed by atoms with E-state index < -0.39 is 5.82 Å². The first-order valence-corrected chi connectivity index (χ1v) is 6.11. The summed E-state index contributed by atoms with van der Waals surface area (Å²) in [4.78, 5) is 4.10. The van der Waals surface area contributed by atoms with Crippen molar-refractivity contribution in [2.75, 3.05) is 0 Å². The second-order valence-electron chi connectivity index (χ2n) is 4.56. The molecule has 1 atom stereocenters. The second-order valence-corrected chi connectivity index (χ2v) is 4.96. The summed E-state index contributed by atoms with van der Waals surface area (Å²) in [5.74, 6) is -0.147. The molecule has 96 valence electrons. The van der Waals surface area contributed by atoms with Crippen LogP contribution in [-0.2, 0) is 0 Å². The van der Waals surface area contributed by atoms with Crippen LogP contribution < -0.4 is 5.73 Å². The molecule has 0 spiro atoms. The van der Waals surface area contributed by atoms with Crippen LogP contribution in [0.15, 0.2) is 30.7 Å². The van der Waals surface area contributed by atoms with Crippen molar-refractivity contribution in [3.8, 4) is 5.69 Å². The van der Waals surface area contributed by atoms with Crippen LogP contribution in [0.3, 0.4) is 0 Å². The zero-order valence-corrected chi connectivity index (χ0v) is 11.0. The lowest BCUT2D eigenvalue weighted by Crippen LogP contribution is -2.19. The number of hydrogen-bond acceptors (Lipinski definition) is 2. The van der Waals surface area contributed by atoms with Gasteiger partial charge in [-0.25, -0.2) is 9.37 Å². The van der Waals surface area contributed by atoms with Crippen molar-refractivity contribution in [2.24, 2.45) is 11.7 Å². The van der Waals surface area contributed by atoms with Crippen LogP contribution in [0.4, 0.5) is 4.39 Å². The van der Waals surface area contributed by atoms with Crippen molar-refractivity contribution < 1.29 is 4.39 Å². The second kappa shape index (κ2) is 5.08. The average Bonchev–Trinajstić information content (AvgIpc) is 2.80. The number of rotatable bonds is 3. The van der Waals surface area contributed by atoms with Gasteiger partial charge in [0.2, 0.25) is 0 Å². The van der Waals surface area contributed by atoms with Crippen LogP contribution in [-0.4, -0.2) is 9.55 Å². The minimum absolute atomic E-state index is 0.0882. The maximum absolute atomic E-state index is 13.1. The predicted molar refractivity (Wildman–Crippen MR) is 70.3 cm³/mol. The van der Waals surface area contributed by atoms with Crippen molar-refractivity contribution in [1.29, 1.82) is 0 Å². The molecule has 0 aliphatic carbocycles. The molecule has 0 aliphatic heterocycles. The Labute approximate surface area is 110 Å². The Kier molecular flexibility index (Phi) is 3.68. The average molecular weight is 268 g/mol. The molecule has 18 heavy (non-hydrogen) atoms. The maximum atomic E-state index is 13.1. The molecule has 2 rings (SSSR count). The quantitative estimate of drug-likeness (QED) is 0.927. The molecule has 0 saturated carbocycles. The van der Waals surface area contributed by atoms with E-state index in [0.29, 0.717) is 0 Å². The third-order valence-corrected chi connectivity index (χ3v) is 3.20. The van der Waals surface area contributed by atoms with Crippen molar-refractivity contribution >= 4 is 11.6 Å². The first-order chi connectivity index (χ1) is 8.50. The van der Waals surface area contributed by atoms with E-state index in [2.05, 4.69) is 4.98 Å². The molecular formula is C13H15ClFN3. The lowest BCUT2D eigenvalue weighted by molar-refractivity contribution is 0.497. The highest BCUT2D eigenvalue weighted by atomic mass is 35.5. The summed E-state index contributed by atoms with van der Waals surface area (Å²) in [7, 11) is 0. The summed E-state index contributed by atoms with van der Waals surface area (Å²) in [5, 5.41) is 0.0882. The normalized spacial score (nSPS) is 13.0. The highest BCUT2D eigenvalue weighted by molar-refractivity contribution is 6.30. The predicted octanol–water partition coefficient (Wildman–Crippen LogP) is 3.32. The fourth-order valence-corrected chi connectivity index (χ4v) is 1.92. The SMILES string of the molecule is CC(C)C(N)c1cncn1-c1ccc(F)c(Cl)c1. The monoisotopic (exact) mass is 267 g/mol. The van der Waals surface area contributed by atoms with E-state index in [1.54, 1.807) is 24.7 Å². The van der Waals surface area contributed by atoms with Crippen LogP contribution >= 0.6 is 11.6 Å². The Morgan fingerprint density at radius 1 is 1.39 bits per heavy atom. The molecule has 0 radical (unpaired) electrons. The number of nitrogens with two attached hydrogens (primary N) is 1. The van der Waals surface area contributed by atoms with Gasteiger partial charge in [-0.2, -0.15) is 0 Å². The van der Waals surface area contributed by atoms with Crippen LogP contribution in [0, 0.1) is 11.7 Å². The molecule has 2 aromatic rings. The van der Waals surface area contributed by atoms with E-state index in [1.165, 1.54) is 6.07 Å². The van der Waals surface area contributed by atoms with Gasteiger partial charge in [0.05, 0.1) is 23.2 Å². The van der Waals surface area contributed by atoms with E-state index in [0.717, 1.165) is 11.4 Å². The van der Waals surface area contributed by atoms with Crippen molar-refractivity contribution in [3.05, 3.63) is 47.3 Å². The van der Waals surface area contributed by atoms with Crippen LogP contribution in [0.5, 0.6) is 0 Å². The molecule has 3 nitrogen and oxygen atoms in total. The molecule has 5 heteroatoms. The molecule has 0 fully saturated rings. The van der Waals surface area contributed by atoms with Crippen molar-refractivity contribution in [1.82, 2.24) is 9.55 Å². The van der Waals surface area contributed by atoms with E-state index >= 15 is 0 Å². The van der Waals surface area contributed by atoms with Crippen molar-refractivity contribution in [3.63, 3.8) is 0 Å². The van der Waals surface area contributed by atoms with Gasteiger partial charge in [0.25, 0.3) is 0 Å². The first kappa shape index (κ1) is 13.1. The number of nitrogens with zero attached hydrogens (tertiary/aromatic N) is 2. The zero-order valence-electron chi connectivity index (χ0n) is 10.3. The van der Waals surface area contributed by atoms with E-state index in [9.17, 15) is 4.39 Å². The molecule has 0 saturated heterocycles. The summed E-state index contributed by atoms with van der Waals surface area (Å²) < 4.78 is 15.0. The molecule has 1 aromatic carbocycles. The van der Waals surface area contributed by atoms with Gasteiger partial charge in [-0.1, -0.05) is 25.4 Å². The summed E-state index contributed by atoms with van der Waals surface area (Å²) in [6.45, 7) is 4.08. The summed E-state index contributed by atoms with van der Waals surface area (Å²) in [6, 6.07) is 4.42. The molecule has 0 amide bonds. The topological polar surface area (TPSA) is 43.8 Å². The molecule has 1 aromatic heterocycles. The van der Waals surface area contributed by atoms with Crippen LogP contribution in [0.2, 0.25) is 5.02 Å². The summed E-state index contributed by atoms with van der Waals surface area (Å²) in [5.41, 5.74) is 7.76. The number of halogens is 2. The van der Waals surface area contributed by atoms with Gasteiger partial charge in [0, 0.05) is 11.7 Å². The third-order valence-electron chi connectivity index (χ3n) is 2.91. The zero-order chi connectivity index (χ0) is 13.3. The van der Waals surface area contributed by atoms with Crippen molar-refractivity contribution in [2.45, 2.75) is 19.9 Å². The van der Waals surface area contributed by atoms with Crippen LogP contribution in [0.1, 0.15) is 25.6 Å². The van der Waals surface area contributed by atoms with Gasteiger partial charge in [-0.05, 0) is 24.1 Å². The molecule has 0 bridgehead atoms. The molecule has 2 N–H and O–H groups in total. The number of benzene rings is 1. The highest BCUT2D eigenvalue weighted by Gasteiger charge is 2.16. The fourth-order valence-electron chi connectivity index (χ4n) is 1.74. The summed E-state index contributed by atoms with van der Waals surface area (Å²) in [6.07, 6.45) is 3.38. The Morgan fingerprint density at radius 3 is 2.72 bits per heavy atom. The van der Waals surface area contributed by atoms with Gasteiger partial charge in [-0.15, -0.1) is 0 Å². The van der Waals surface area contributed by atoms with E-state index in [4.69, 9.17) is 17.3 Å². The Bertz CT molecular complexity index is 551. The molecule has 1 unspecified atom stereocenters. The van der Waals surface area contributed by atoms with Crippen LogP contribution in [0.25, 0.3) is 5.69 Å². The fraction of sp³-hybridized carbons (Fsp3) is 0.308. The van der Waals surface area contributed by atoms with Gasteiger partial charge in [0.1, 0.15) is 5.82 Å². The smallest absolute Gasteiger partial charge is 0.141 e. The van der Waals surface area contributed by atoms with E-state index in [1.807, 2.05) is 18.4 Å². The maximum Gasteiger partial charge on any atom is 0.141 e. The standard InChI is InChI=1S/C13H15ClFN3/c1-8(2)13(16)12-6-17-7-18(12)9-3-4-11(15)10(14)5-9/h3-8,13H,16H2,1-2H3. The van der Waals surface area contributed by atoms with E-state index in [-0.39, 0.29) is 17.0 Å². The highest BCUT2D eigenvalue weighted by Crippen LogP contribution is 2.24. The number of aromatic nitrogens is 2. The Balaban J connectivity index is 2.45. The largest absolute Gasteiger partial charge is 0.322 e. The first-order valence-electron chi connectivity index (χ1n) is 5.74. The number of imidazole rings is 1. The van der Waals surface area contributed by atoms with Gasteiger partial charge >= 0.3 is 0 Å². The number of hydrogen-bond donors (Lipinski definition) is 1. The minimum Gasteiger partial charge on any atom is -0.322 e. The van der Waals surface area contributed by atoms with Gasteiger partial charge in [-0.3, -0.25) is 0 Å². The lowest BCUT2D eigenvalue weighted by atomic mass is 10.0. The third kappa shape index (κ3) is 2.40. The Hall–Kier alpha value is -1.39. The molecular weight excluding hydrogens is 253 g/mol. The Morgan fingerprint density at radius 2 is 2.11 bits per heavy atom. The van der Waals surface area contributed by atoms with Gasteiger partial charge < -0.3 is 10.3 Å².